The van der Waals surface area contributed by atoms with Gasteiger partial charge in [0.1, 0.15) is 0 Å². The van der Waals surface area contributed by atoms with E-state index in [1.165, 1.54) is 3.57 Å². The fraction of sp³-hybridized carbons (Fsp3) is 0.500. The smallest absolute Gasteiger partial charge is 0.0768 e. The third-order valence-corrected chi connectivity index (χ3v) is 2.26. The van der Waals surface area contributed by atoms with Gasteiger partial charge in [-0.1, -0.05) is 0 Å². The molecule has 1 fully saturated rings. The van der Waals surface area contributed by atoms with E-state index in [9.17, 15) is 0 Å². The monoisotopic (exact) mass is 285 g/mol. The van der Waals surface area contributed by atoms with Crippen molar-refractivity contribution in [3.63, 3.8) is 0 Å². The quantitative estimate of drug-likeness (QED) is 0.782. The van der Waals surface area contributed by atoms with Crippen LogP contribution in [0.3, 0.4) is 0 Å². The predicted molar refractivity (Wildman–Crippen MR) is 54.1 cm³/mol. The molecule has 0 atom stereocenters. The average Bonchev–Trinajstić information content (AvgIpc) is 2.10. The number of halogens is 2. The highest BCUT2D eigenvalue weighted by Crippen LogP contribution is 2.11. The minimum absolute atomic E-state index is 0. The Bertz CT molecular complexity index is 233. The molecule has 62 valence electrons. The molecule has 2 heterocycles. The van der Waals surface area contributed by atoms with E-state index in [1.54, 1.807) is 0 Å². The lowest BCUT2D eigenvalue weighted by Crippen LogP contribution is -2.43. The molecule has 1 aromatic heterocycles. The Morgan fingerprint density at radius 3 is 2.73 bits per heavy atom. The van der Waals surface area contributed by atoms with E-state index < -0.39 is 0 Å². The van der Waals surface area contributed by atoms with Gasteiger partial charge in [-0.2, -0.15) is 5.10 Å². The highest BCUT2D eigenvalue weighted by molar-refractivity contribution is 14.1. The molecule has 0 unspecified atom stereocenters. The van der Waals surface area contributed by atoms with Crippen molar-refractivity contribution in [3.8, 4) is 0 Å². The number of rotatable bonds is 1. The molecular formula is C6H9ClIN3. The molecule has 1 N–H and O–H groups in total. The van der Waals surface area contributed by atoms with Crippen molar-refractivity contribution < 1.29 is 0 Å². The third-order valence-electron chi connectivity index (χ3n) is 1.70. The maximum absolute atomic E-state index is 4.21. The molecule has 0 spiro atoms. The van der Waals surface area contributed by atoms with Gasteiger partial charge in [0.05, 0.1) is 15.8 Å². The summed E-state index contributed by atoms with van der Waals surface area (Å²) in [5.41, 5.74) is 0. The Morgan fingerprint density at radius 1 is 1.64 bits per heavy atom. The van der Waals surface area contributed by atoms with Crippen LogP contribution in [0.1, 0.15) is 6.04 Å². The molecule has 2 rings (SSSR count). The predicted octanol–water partition coefficient (Wildman–Crippen LogP) is 1.05. The van der Waals surface area contributed by atoms with E-state index in [2.05, 4.69) is 39.2 Å². The van der Waals surface area contributed by atoms with E-state index in [1.807, 2.05) is 10.9 Å². The van der Waals surface area contributed by atoms with Crippen LogP contribution in [-0.4, -0.2) is 22.9 Å². The highest BCUT2D eigenvalue weighted by Gasteiger charge is 2.18. The van der Waals surface area contributed by atoms with E-state index in [0.29, 0.717) is 6.04 Å². The van der Waals surface area contributed by atoms with Crippen LogP contribution in [0.2, 0.25) is 0 Å². The molecule has 0 amide bonds. The van der Waals surface area contributed by atoms with Crippen LogP contribution in [0.5, 0.6) is 0 Å². The first-order chi connectivity index (χ1) is 4.86. The SMILES string of the molecule is Cl.Ic1cnn(C2CNC2)c1. The van der Waals surface area contributed by atoms with Crippen molar-refractivity contribution in [2.24, 2.45) is 0 Å². The zero-order valence-corrected chi connectivity index (χ0v) is 8.80. The van der Waals surface area contributed by atoms with Gasteiger partial charge in [0.15, 0.2) is 0 Å². The van der Waals surface area contributed by atoms with Gasteiger partial charge in [-0.25, -0.2) is 0 Å². The van der Waals surface area contributed by atoms with Crippen molar-refractivity contribution in [2.75, 3.05) is 13.1 Å². The molecular weight excluding hydrogens is 276 g/mol. The van der Waals surface area contributed by atoms with E-state index >= 15 is 0 Å². The van der Waals surface area contributed by atoms with Crippen molar-refractivity contribution in [2.45, 2.75) is 6.04 Å². The van der Waals surface area contributed by atoms with Crippen molar-refractivity contribution in [3.05, 3.63) is 16.0 Å². The molecule has 3 nitrogen and oxygen atoms in total. The van der Waals surface area contributed by atoms with Gasteiger partial charge >= 0.3 is 0 Å². The second-order valence-electron chi connectivity index (χ2n) is 2.45. The Kier molecular flexibility index (Phi) is 3.15. The summed E-state index contributed by atoms with van der Waals surface area (Å²) in [5.74, 6) is 0. The molecule has 1 aliphatic rings. The standard InChI is InChI=1S/C6H8IN3.ClH/c7-5-1-9-10(4-5)6-2-8-3-6;/h1,4,6,8H,2-3H2;1H. The fourth-order valence-electron chi connectivity index (χ4n) is 0.975. The molecule has 0 bridgehead atoms. The first kappa shape index (κ1) is 9.28. The van der Waals surface area contributed by atoms with Gasteiger partial charge in [0.25, 0.3) is 0 Å². The molecule has 5 heteroatoms. The van der Waals surface area contributed by atoms with Gasteiger partial charge in [-0.15, -0.1) is 12.4 Å². The molecule has 0 aromatic carbocycles. The van der Waals surface area contributed by atoms with Crippen molar-refractivity contribution in [1.82, 2.24) is 15.1 Å². The van der Waals surface area contributed by atoms with Crippen LogP contribution >= 0.6 is 35.0 Å². The van der Waals surface area contributed by atoms with E-state index in [0.717, 1.165) is 13.1 Å². The number of nitrogens with zero attached hydrogens (tertiary/aromatic N) is 2. The molecule has 11 heavy (non-hydrogen) atoms. The lowest BCUT2D eigenvalue weighted by molar-refractivity contribution is 0.318. The average molecular weight is 286 g/mol. The van der Waals surface area contributed by atoms with Gasteiger partial charge in [-0.05, 0) is 22.6 Å². The normalized spacial score (nSPS) is 17.2. The third kappa shape index (κ3) is 1.86. The van der Waals surface area contributed by atoms with Crippen LogP contribution in [0, 0.1) is 3.57 Å². The number of hydrogen-bond donors (Lipinski definition) is 1. The van der Waals surface area contributed by atoms with Gasteiger partial charge in [0.2, 0.25) is 0 Å². The largest absolute Gasteiger partial charge is 0.312 e. The number of hydrogen-bond acceptors (Lipinski definition) is 2. The molecule has 0 radical (unpaired) electrons. The molecule has 1 aromatic rings. The van der Waals surface area contributed by atoms with E-state index in [4.69, 9.17) is 0 Å². The fourth-order valence-corrected chi connectivity index (χ4v) is 1.38. The highest BCUT2D eigenvalue weighted by atomic mass is 127. The second kappa shape index (κ2) is 3.73. The summed E-state index contributed by atoms with van der Waals surface area (Å²) >= 11 is 2.27. The summed E-state index contributed by atoms with van der Waals surface area (Å²) in [5, 5.41) is 7.41. The summed E-state index contributed by atoms with van der Waals surface area (Å²) in [6.45, 7) is 2.13. The molecule has 1 aliphatic heterocycles. The Labute approximate surface area is 85.1 Å². The van der Waals surface area contributed by atoms with Crippen molar-refractivity contribution in [1.29, 1.82) is 0 Å². The zero-order chi connectivity index (χ0) is 6.97. The zero-order valence-electron chi connectivity index (χ0n) is 5.83. The van der Waals surface area contributed by atoms with Gasteiger partial charge < -0.3 is 5.32 Å². The Morgan fingerprint density at radius 2 is 2.36 bits per heavy atom. The summed E-state index contributed by atoms with van der Waals surface area (Å²) in [4.78, 5) is 0. The van der Waals surface area contributed by atoms with Crippen LogP contribution in [0.25, 0.3) is 0 Å². The minimum atomic E-state index is 0. The van der Waals surface area contributed by atoms with Crippen LogP contribution in [-0.2, 0) is 0 Å². The van der Waals surface area contributed by atoms with Gasteiger partial charge in [0, 0.05) is 19.3 Å². The second-order valence-corrected chi connectivity index (χ2v) is 3.70. The molecule has 0 aliphatic carbocycles. The molecule has 0 saturated carbocycles. The number of aromatic nitrogens is 2. The van der Waals surface area contributed by atoms with E-state index in [-0.39, 0.29) is 12.4 Å². The minimum Gasteiger partial charge on any atom is -0.312 e. The summed E-state index contributed by atoms with van der Waals surface area (Å²) < 4.78 is 3.24. The van der Waals surface area contributed by atoms with Crippen LogP contribution < -0.4 is 5.32 Å². The van der Waals surface area contributed by atoms with Gasteiger partial charge in [-0.3, -0.25) is 4.68 Å². The summed E-state index contributed by atoms with van der Waals surface area (Å²) in [7, 11) is 0. The lowest BCUT2D eigenvalue weighted by atomic mass is 10.2. The number of nitrogens with one attached hydrogen (secondary N) is 1. The maximum atomic E-state index is 4.21. The first-order valence-corrected chi connectivity index (χ1v) is 4.34. The Hall–Kier alpha value is 0.190. The molecule has 1 saturated heterocycles. The van der Waals surface area contributed by atoms with Crippen LogP contribution in [0.4, 0.5) is 0 Å². The van der Waals surface area contributed by atoms with Crippen LogP contribution in [0.15, 0.2) is 12.4 Å². The Balaban J connectivity index is 0.000000605. The lowest BCUT2D eigenvalue weighted by Gasteiger charge is -2.26. The first-order valence-electron chi connectivity index (χ1n) is 3.26. The summed E-state index contributed by atoms with van der Waals surface area (Å²) in [6, 6.07) is 0.600. The topological polar surface area (TPSA) is 29.9 Å². The summed E-state index contributed by atoms with van der Waals surface area (Å²) in [6.07, 6.45) is 3.96. The maximum Gasteiger partial charge on any atom is 0.0768 e. The van der Waals surface area contributed by atoms with Crippen molar-refractivity contribution >= 4 is 35.0 Å².